The molecule has 0 aliphatic carbocycles. The summed E-state index contributed by atoms with van der Waals surface area (Å²) in [5.74, 6) is 2.14. The molecule has 1 aliphatic heterocycles. The van der Waals surface area contributed by atoms with Gasteiger partial charge < -0.3 is 19.7 Å². The number of carbonyl (C=O) groups excluding carboxylic acids is 2. The number of carbonyl (C=O) groups is 2. The predicted molar refractivity (Wildman–Crippen MR) is 100 cm³/mol. The van der Waals surface area contributed by atoms with Crippen molar-refractivity contribution in [1.82, 2.24) is 10.2 Å². The zero-order valence-electron chi connectivity index (χ0n) is 16.0. The summed E-state index contributed by atoms with van der Waals surface area (Å²) in [6.07, 6.45) is 2.05. The summed E-state index contributed by atoms with van der Waals surface area (Å²) in [6.45, 7) is 6.33. The zero-order valence-corrected chi connectivity index (χ0v) is 16.0. The Morgan fingerprint density at radius 3 is 2.35 bits per heavy atom. The number of ether oxygens (including phenoxy) is 2. The Hall–Kier alpha value is -2.24. The van der Waals surface area contributed by atoms with Crippen LogP contribution in [0.25, 0.3) is 0 Å². The first-order valence-electron chi connectivity index (χ1n) is 9.32. The highest BCUT2D eigenvalue weighted by atomic mass is 16.5. The first-order valence-corrected chi connectivity index (χ1v) is 9.32. The molecule has 26 heavy (non-hydrogen) atoms. The lowest BCUT2D eigenvalue weighted by molar-refractivity contribution is -0.136. The fourth-order valence-electron chi connectivity index (χ4n) is 3.03. The van der Waals surface area contributed by atoms with Crippen molar-refractivity contribution in [3.63, 3.8) is 0 Å². The Bertz CT molecular complexity index is 578. The summed E-state index contributed by atoms with van der Waals surface area (Å²) >= 11 is 0. The third-order valence-corrected chi connectivity index (χ3v) is 4.53. The molecule has 144 valence electrons. The molecule has 1 saturated heterocycles. The Morgan fingerprint density at radius 1 is 1.15 bits per heavy atom. The highest BCUT2D eigenvalue weighted by Gasteiger charge is 2.27. The van der Waals surface area contributed by atoms with Gasteiger partial charge in [-0.3, -0.25) is 9.59 Å². The fraction of sp³-hybridized carbons (Fsp3) is 0.600. The molecule has 0 radical (unpaired) electrons. The van der Waals surface area contributed by atoms with E-state index >= 15 is 0 Å². The Labute approximate surface area is 155 Å². The van der Waals surface area contributed by atoms with Gasteiger partial charge in [0.1, 0.15) is 18.1 Å². The van der Waals surface area contributed by atoms with Gasteiger partial charge in [-0.1, -0.05) is 13.8 Å². The number of amides is 2. The molecule has 2 amide bonds. The van der Waals surface area contributed by atoms with Crippen molar-refractivity contribution in [3.05, 3.63) is 24.3 Å². The second-order valence-corrected chi connectivity index (χ2v) is 7.07. The van der Waals surface area contributed by atoms with E-state index < -0.39 is 0 Å². The quantitative estimate of drug-likeness (QED) is 0.722. The molecular weight excluding hydrogens is 332 g/mol. The van der Waals surface area contributed by atoms with Gasteiger partial charge >= 0.3 is 0 Å². The van der Waals surface area contributed by atoms with Crippen LogP contribution in [0.3, 0.4) is 0 Å². The van der Waals surface area contributed by atoms with Crippen LogP contribution in [-0.2, 0) is 9.59 Å². The van der Waals surface area contributed by atoms with E-state index in [4.69, 9.17) is 9.47 Å². The van der Waals surface area contributed by atoms with Crippen molar-refractivity contribution < 1.29 is 19.1 Å². The SMILES string of the molecule is COc1ccc(OCCNC(=O)C2CCN(C(=O)CC(C)C)CC2)cc1. The van der Waals surface area contributed by atoms with Crippen molar-refractivity contribution in [1.29, 1.82) is 0 Å². The van der Waals surface area contributed by atoms with Crippen LogP contribution in [0.1, 0.15) is 33.1 Å². The summed E-state index contributed by atoms with van der Waals surface area (Å²) in [7, 11) is 1.62. The lowest BCUT2D eigenvalue weighted by Gasteiger charge is -2.31. The van der Waals surface area contributed by atoms with Crippen molar-refractivity contribution in [3.8, 4) is 11.5 Å². The molecule has 0 atom stereocenters. The van der Waals surface area contributed by atoms with E-state index in [0.717, 1.165) is 24.3 Å². The number of nitrogens with zero attached hydrogens (tertiary/aromatic N) is 1. The number of hydrogen-bond acceptors (Lipinski definition) is 4. The van der Waals surface area contributed by atoms with Gasteiger partial charge in [0.05, 0.1) is 13.7 Å². The van der Waals surface area contributed by atoms with E-state index in [1.807, 2.05) is 43.0 Å². The van der Waals surface area contributed by atoms with Crippen molar-refractivity contribution in [2.24, 2.45) is 11.8 Å². The van der Waals surface area contributed by atoms with Gasteiger partial charge in [-0.2, -0.15) is 0 Å². The molecule has 1 aromatic rings. The molecule has 1 aliphatic rings. The molecule has 6 nitrogen and oxygen atoms in total. The average Bonchev–Trinajstić information content (AvgIpc) is 2.65. The number of nitrogens with one attached hydrogen (secondary N) is 1. The monoisotopic (exact) mass is 362 g/mol. The number of rotatable bonds is 8. The van der Waals surface area contributed by atoms with Gasteiger partial charge in [0.2, 0.25) is 11.8 Å². The summed E-state index contributed by atoms with van der Waals surface area (Å²) in [4.78, 5) is 26.2. The van der Waals surface area contributed by atoms with Crippen LogP contribution in [0.2, 0.25) is 0 Å². The van der Waals surface area contributed by atoms with Gasteiger partial charge in [0.15, 0.2) is 0 Å². The fourth-order valence-corrected chi connectivity index (χ4v) is 3.03. The maximum atomic E-state index is 12.3. The van der Waals surface area contributed by atoms with Gasteiger partial charge in [-0.25, -0.2) is 0 Å². The number of benzene rings is 1. The Morgan fingerprint density at radius 2 is 1.77 bits per heavy atom. The lowest BCUT2D eigenvalue weighted by Crippen LogP contribution is -2.43. The minimum Gasteiger partial charge on any atom is -0.497 e. The van der Waals surface area contributed by atoms with Gasteiger partial charge in [-0.05, 0) is 43.0 Å². The Kier molecular flexibility index (Phi) is 7.75. The van der Waals surface area contributed by atoms with Crippen LogP contribution in [0.5, 0.6) is 11.5 Å². The summed E-state index contributed by atoms with van der Waals surface area (Å²) in [5, 5.41) is 2.93. The molecule has 0 spiro atoms. The topological polar surface area (TPSA) is 67.9 Å². The largest absolute Gasteiger partial charge is 0.497 e. The first-order chi connectivity index (χ1) is 12.5. The average molecular weight is 362 g/mol. The normalized spacial score (nSPS) is 15.0. The maximum absolute atomic E-state index is 12.3. The lowest BCUT2D eigenvalue weighted by atomic mass is 9.95. The maximum Gasteiger partial charge on any atom is 0.223 e. The molecule has 0 bridgehead atoms. The van der Waals surface area contributed by atoms with Crippen LogP contribution < -0.4 is 14.8 Å². The van der Waals surface area contributed by atoms with Crippen LogP contribution in [0, 0.1) is 11.8 Å². The molecule has 1 fully saturated rings. The van der Waals surface area contributed by atoms with Crippen molar-refractivity contribution in [2.45, 2.75) is 33.1 Å². The summed E-state index contributed by atoms with van der Waals surface area (Å²) in [6, 6.07) is 7.35. The molecule has 2 rings (SSSR count). The first kappa shape index (κ1) is 20.1. The van der Waals surface area contributed by atoms with E-state index in [0.29, 0.717) is 38.6 Å². The van der Waals surface area contributed by atoms with E-state index in [-0.39, 0.29) is 17.7 Å². The van der Waals surface area contributed by atoms with Crippen molar-refractivity contribution >= 4 is 11.8 Å². The predicted octanol–water partition coefficient (Wildman–Crippen LogP) is 2.47. The molecule has 1 heterocycles. The third kappa shape index (κ3) is 6.24. The zero-order chi connectivity index (χ0) is 18.9. The second-order valence-electron chi connectivity index (χ2n) is 7.07. The van der Waals surface area contributed by atoms with Gasteiger partial charge in [0.25, 0.3) is 0 Å². The molecule has 1 N–H and O–H groups in total. The third-order valence-electron chi connectivity index (χ3n) is 4.53. The van der Waals surface area contributed by atoms with Crippen LogP contribution in [0.4, 0.5) is 0 Å². The molecular formula is C20H30N2O4. The highest BCUT2D eigenvalue weighted by molar-refractivity contribution is 5.80. The smallest absolute Gasteiger partial charge is 0.223 e. The number of piperidine rings is 1. The molecule has 1 aromatic carbocycles. The number of likely N-dealkylation sites (tertiary alicyclic amines) is 1. The van der Waals surface area contributed by atoms with Gasteiger partial charge in [0, 0.05) is 25.4 Å². The van der Waals surface area contributed by atoms with E-state index in [1.54, 1.807) is 7.11 Å². The van der Waals surface area contributed by atoms with Crippen LogP contribution >= 0.6 is 0 Å². The summed E-state index contributed by atoms with van der Waals surface area (Å²) in [5.41, 5.74) is 0. The van der Waals surface area contributed by atoms with E-state index in [1.165, 1.54) is 0 Å². The van der Waals surface area contributed by atoms with Gasteiger partial charge in [-0.15, -0.1) is 0 Å². The highest BCUT2D eigenvalue weighted by Crippen LogP contribution is 2.19. The minimum atomic E-state index is -0.0147. The molecule has 6 heteroatoms. The summed E-state index contributed by atoms with van der Waals surface area (Å²) < 4.78 is 10.7. The molecule has 0 aromatic heterocycles. The molecule has 0 saturated carbocycles. The number of hydrogen-bond donors (Lipinski definition) is 1. The van der Waals surface area contributed by atoms with Crippen LogP contribution in [0.15, 0.2) is 24.3 Å². The molecule has 0 unspecified atom stereocenters. The minimum absolute atomic E-state index is 0.0147. The second kappa shape index (κ2) is 10.0. The van der Waals surface area contributed by atoms with Crippen molar-refractivity contribution in [2.75, 3.05) is 33.4 Å². The van der Waals surface area contributed by atoms with E-state index in [2.05, 4.69) is 5.32 Å². The Balaban J connectivity index is 1.63. The van der Waals surface area contributed by atoms with Crippen LogP contribution in [-0.4, -0.2) is 50.1 Å². The number of methoxy groups -OCH3 is 1. The van der Waals surface area contributed by atoms with E-state index in [9.17, 15) is 9.59 Å². The standard InChI is InChI=1S/C20H30N2O4/c1-15(2)14-19(23)22-11-8-16(9-12-22)20(24)21-10-13-26-18-6-4-17(25-3)5-7-18/h4-7,15-16H,8-14H2,1-3H3,(H,21,24).